The molecule has 0 saturated carbocycles. The highest BCUT2D eigenvalue weighted by Crippen LogP contribution is 2.15. The van der Waals surface area contributed by atoms with Gasteiger partial charge >= 0.3 is 0 Å². The molecule has 2 rings (SSSR count). The van der Waals surface area contributed by atoms with Crippen molar-refractivity contribution < 1.29 is 14.3 Å². The van der Waals surface area contributed by atoms with Crippen LogP contribution in [0.5, 0.6) is 5.75 Å². The van der Waals surface area contributed by atoms with Gasteiger partial charge in [0, 0.05) is 12.1 Å². The minimum absolute atomic E-state index is 0.272. The van der Waals surface area contributed by atoms with Gasteiger partial charge in [-0.1, -0.05) is 30.3 Å². The summed E-state index contributed by atoms with van der Waals surface area (Å²) in [6.45, 7) is 0.272. The number of ketones is 1. The number of nitrogens with one attached hydrogen (secondary N) is 1. The third-order valence-corrected chi connectivity index (χ3v) is 3.34. The predicted octanol–water partition coefficient (Wildman–Crippen LogP) is 2.33. The topological polar surface area (TPSA) is 79.2 Å². The molecule has 0 heterocycles. The number of hydrogen-bond acceptors (Lipinski definition) is 4. The zero-order chi connectivity index (χ0) is 16.7. The van der Waals surface area contributed by atoms with E-state index in [1.54, 1.807) is 18.2 Å². The Morgan fingerprint density at radius 1 is 1.13 bits per heavy atom. The fraction of sp³-hybridized carbons (Fsp3) is 0.167. The molecule has 1 amide bonds. The van der Waals surface area contributed by atoms with E-state index in [2.05, 4.69) is 5.32 Å². The average molecular weight is 308 g/mol. The molecule has 0 aromatic heterocycles. The molecule has 1 atom stereocenters. The van der Waals surface area contributed by atoms with Crippen molar-refractivity contribution in [1.82, 2.24) is 5.32 Å². The lowest BCUT2D eigenvalue weighted by Gasteiger charge is -2.10. The fourth-order valence-corrected chi connectivity index (χ4v) is 2.05. The number of amides is 1. The molecule has 0 aliphatic rings. The van der Waals surface area contributed by atoms with Gasteiger partial charge in [-0.2, -0.15) is 5.26 Å². The third kappa shape index (κ3) is 4.17. The molecule has 2 aromatic rings. The molecule has 5 nitrogen and oxygen atoms in total. The SMILES string of the molecule is COc1ccc(C(=O)[C@@H](C#N)C(=O)NCc2ccccc2)cc1. The highest BCUT2D eigenvalue weighted by atomic mass is 16.5. The fourth-order valence-electron chi connectivity index (χ4n) is 2.05. The molecule has 0 fully saturated rings. The maximum absolute atomic E-state index is 12.3. The maximum Gasteiger partial charge on any atom is 0.245 e. The Morgan fingerprint density at radius 2 is 1.78 bits per heavy atom. The summed E-state index contributed by atoms with van der Waals surface area (Å²) in [4.78, 5) is 24.4. The van der Waals surface area contributed by atoms with E-state index >= 15 is 0 Å². The van der Waals surface area contributed by atoms with Gasteiger partial charge < -0.3 is 10.1 Å². The molecule has 116 valence electrons. The van der Waals surface area contributed by atoms with Crippen LogP contribution in [0.2, 0.25) is 0 Å². The van der Waals surface area contributed by atoms with Crippen molar-refractivity contribution in [3.63, 3.8) is 0 Å². The van der Waals surface area contributed by atoms with E-state index in [-0.39, 0.29) is 6.54 Å². The van der Waals surface area contributed by atoms with E-state index in [4.69, 9.17) is 10.00 Å². The summed E-state index contributed by atoms with van der Waals surface area (Å²) in [5.74, 6) is -1.89. The van der Waals surface area contributed by atoms with Crippen LogP contribution in [0.4, 0.5) is 0 Å². The van der Waals surface area contributed by atoms with E-state index in [1.807, 2.05) is 30.3 Å². The van der Waals surface area contributed by atoms with Crippen molar-refractivity contribution in [3.8, 4) is 11.8 Å². The molecule has 1 N–H and O–H groups in total. The first-order valence-corrected chi connectivity index (χ1v) is 7.05. The van der Waals surface area contributed by atoms with Crippen LogP contribution in [0.25, 0.3) is 0 Å². The quantitative estimate of drug-likeness (QED) is 0.656. The summed E-state index contributed by atoms with van der Waals surface area (Å²) < 4.78 is 5.02. The standard InChI is InChI=1S/C18H16N2O3/c1-23-15-9-7-14(8-10-15)17(21)16(11-19)18(22)20-12-13-5-3-2-4-6-13/h2-10,16H,12H2,1H3,(H,20,22)/t16-/m1/s1. The van der Waals surface area contributed by atoms with Crippen LogP contribution < -0.4 is 10.1 Å². The van der Waals surface area contributed by atoms with Gasteiger partial charge in [-0.15, -0.1) is 0 Å². The molecular formula is C18H16N2O3. The molecule has 23 heavy (non-hydrogen) atoms. The third-order valence-electron chi connectivity index (χ3n) is 3.34. The molecule has 0 radical (unpaired) electrons. The molecule has 0 spiro atoms. The zero-order valence-corrected chi connectivity index (χ0v) is 12.7. The Bertz CT molecular complexity index is 718. The number of ether oxygens (including phenoxy) is 1. The van der Waals surface area contributed by atoms with Crippen LogP contribution in [0.15, 0.2) is 54.6 Å². The van der Waals surface area contributed by atoms with E-state index in [0.717, 1.165) is 5.56 Å². The average Bonchev–Trinajstić information content (AvgIpc) is 2.61. The Labute approximate surface area is 134 Å². The van der Waals surface area contributed by atoms with Crippen LogP contribution in [0.3, 0.4) is 0 Å². The van der Waals surface area contributed by atoms with Crippen LogP contribution >= 0.6 is 0 Å². The summed E-state index contributed by atoms with van der Waals surface area (Å²) in [5, 5.41) is 11.8. The number of nitrogens with zero attached hydrogens (tertiary/aromatic N) is 1. The summed E-state index contributed by atoms with van der Waals surface area (Å²) in [6.07, 6.45) is 0. The first kappa shape index (κ1) is 16.2. The number of hydrogen-bond donors (Lipinski definition) is 1. The lowest BCUT2D eigenvalue weighted by atomic mass is 9.98. The van der Waals surface area contributed by atoms with Crippen LogP contribution in [0.1, 0.15) is 15.9 Å². The summed E-state index contributed by atoms with van der Waals surface area (Å²) in [7, 11) is 1.52. The van der Waals surface area contributed by atoms with E-state index in [9.17, 15) is 9.59 Å². The monoisotopic (exact) mass is 308 g/mol. The molecule has 5 heteroatoms. The number of carbonyl (C=O) groups excluding carboxylic acids is 2. The van der Waals surface area contributed by atoms with Gasteiger partial charge in [0.15, 0.2) is 11.7 Å². The lowest BCUT2D eigenvalue weighted by Crippen LogP contribution is -2.34. The Balaban J connectivity index is 2.04. The van der Waals surface area contributed by atoms with Crippen LogP contribution in [-0.2, 0) is 11.3 Å². The van der Waals surface area contributed by atoms with E-state index < -0.39 is 17.6 Å². The minimum Gasteiger partial charge on any atom is -0.497 e. The number of methoxy groups -OCH3 is 1. The first-order chi connectivity index (χ1) is 11.2. The molecule has 2 aromatic carbocycles. The van der Waals surface area contributed by atoms with Crippen LogP contribution in [0, 0.1) is 17.2 Å². The highest BCUT2D eigenvalue weighted by Gasteiger charge is 2.27. The van der Waals surface area contributed by atoms with Crippen molar-refractivity contribution in [2.24, 2.45) is 5.92 Å². The highest BCUT2D eigenvalue weighted by molar-refractivity contribution is 6.12. The van der Waals surface area contributed by atoms with Gasteiger partial charge in [-0.25, -0.2) is 0 Å². The van der Waals surface area contributed by atoms with Crippen LogP contribution in [-0.4, -0.2) is 18.8 Å². The van der Waals surface area contributed by atoms with Gasteiger partial charge in [0.2, 0.25) is 5.91 Å². The van der Waals surface area contributed by atoms with Crippen molar-refractivity contribution >= 4 is 11.7 Å². The number of carbonyl (C=O) groups is 2. The van der Waals surface area contributed by atoms with Gasteiger partial charge in [0.25, 0.3) is 0 Å². The Hall–Kier alpha value is -3.13. The Morgan fingerprint density at radius 3 is 2.35 bits per heavy atom. The van der Waals surface area contributed by atoms with Crippen molar-refractivity contribution in [2.45, 2.75) is 6.54 Å². The lowest BCUT2D eigenvalue weighted by molar-refractivity contribution is -0.122. The molecule has 0 bridgehead atoms. The van der Waals surface area contributed by atoms with E-state index in [0.29, 0.717) is 11.3 Å². The first-order valence-electron chi connectivity index (χ1n) is 7.05. The molecular weight excluding hydrogens is 292 g/mol. The normalized spacial score (nSPS) is 11.1. The van der Waals surface area contributed by atoms with Gasteiger partial charge in [-0.05, 0) is 29.8 Å². The maximum atomic E-state index is 12.3. The number of Topliss-reactive ketones (excluding diaryl/α,β-unsaturated/α-hetero) is 1. The van der Waals surface area contributed by atoms with Gasteiger partial charge in [0.1, 0.15) is 5.75 Å². The number of nitriles is 1. The smallest absolute Gasteiger partial charge is 0.245 e. The zero-order valence-electron chi connectivity index (χ0n) is 12.7. The van der Waals surface area contributed by atoms with Gasteiger partial charge in [0.05, 0.1) is 13.2 Å². The molecule has 0 saturated heterocycles. The molecule has 0 unspecified atom stereocenters. The second kappa shape index (κ2) is 7.76. The number of benzene rings is 2. The second-order valence-electron chi connectivity index (χ2n) is 4.86. The van der Waals surface area contributed by atoms with Gasteiger partial charge in [-0.3, -0.25) is 9.59 Å². The van der Waals surface area contributed by atoms with E-state index in [1.165, 1.54) is 19.2 Å². The molecule has 0 aliphatic heterocycles. The largest absolute Gasteiger partial charge is 0.497 e. The molecule has 0 aliphatic carbocycles. The predicted molar refractivity (Wildman–Crippen MR) is 84.7 cm³/mol. The second-order valence-corrected chi connectivity index (χ2v) is 4.86. The van der Waals surface area contributed by atoms with Crippen molar-refractivity contribution in [2.75, 3.05) is 7.11 Å². The number of rotatable bonds is 6. The summed E-state index contributed by atoms with van der Waals surface area (Å²) in [6, 6.07) is 17.4. The summed E-state index contributed by atoms with van der Waals surface area (Å²) >= 11 is 0. The summed E-state index contributed by atoms with van der Waals surface area (Å²) in [5.41, 5.74) is 1.20. The Kier molecular flexibility index (Phi) is 5.48. The van der Waals surface area contributed by atoms with Crippen molar-refractivity contribution in [1.29, 1.82) is 5.26 Å². The minimum atomic E-state index is -1.37. The van der Waals surface area contributed by atoms with Crippen molar-refractivity contribution in [3.05, 3.63) is 65.7 Å².